The van der Waals surface area contributed by atoms with Crippen molar-refractivity contribution in [3.8, 4) is 28.0 Å². The number of benzene rings is 4. The number of carbonyl (C=O) groups is 1. The lowest BCUT2D eigenvalue weighted by atomic mass is 9.93. The molecule has 0 aromatic heterocycles. The molecule has 3 heteroatoms. The van der Waals surface area contributed by atoms with Crippen LogP contribution >= 0.6 is 0 Å². The maximum absolute atomic E-state index is 13.2. The van der Waals surface area contributed by atoms with Gasteiger partial charge >= 0.3 is 0 Å². The van der Waals surface area contributed by atoms with Crippen LogP contribution in [-0.2, 0) is 6.42 Å². The average Bonchev–Trinajstić information content (AvgIpc) is 2.90. The first-order valence-corrected chi connectivity index (χ1v) is 13.3. The average molecular weight is 492 g/mol. The number of aromatic hydroxyl groups is 1. The van der Waals surface area contributed by atoms with Gasteiger partial charge in [0, 0.05) is 23.2 Å². The second-order valence-electron chi connectivity index (χ2n) is 9.92. The van der Waals surface area contributed by atoms with Crippen molar-refractivity contribution in [2.45, 2.75) is 52.4 Å². The number of carbonyl (C=O) groups excluding carboxylic acids is 1. The molecule has 0 heterocycles. The summed E-state index contributed by atoms with van der Waals surface area (Å²) in [5, 5.41) is 14.3. The van der Waals surface area contributed by atoms with E-state index in [1.807, 2.05) is 74.5 Å². The molecule has 0 aliphatic rings. The van der Waals surface area contributed by atoms with E-state index in [2.05, 4.69) is 35.6 Å². The van der Waals surface area contributed by atoms with Crippen molar-refractivity contribution in [2.24, 2.45) is 0 Å². The summed E-state index contributed by atoms with van der Waals surface area (Å²) in [6.45, 7) is 4.71. The largest absolute Gasteiger partial charge is 0.507 e. The predicted molar refractivity (Wildman–Crippen MR) is 154 cm³/mol. The summed E-state index contributed by atoms with van der Waals surface area (Å²) in [4.78, 5) is 13.2. The molecule has 0 fully saturated rings. The fourth-order valence-electron chi connectivity index (χ4n) is 4.76. The third-order valence-electron chi connectivity index (χ3n) is 6.80. The molecule has 0 atom stereocenters. The van der Waals surface area contributed by atoms with Gasteiger partial charge in [-0.25, -0.2) is 0 Å². The zero-order chi connectivity index (χ0) is 26.0. The number of nitrogens with one attached hydrogen (secondary N) is 1. The van der Waals surface area contributed by atoms with E-state index in [9.17, 15) is 9.90 Å². The lowest BCUT2D eigenvalue weighted by Gasteiger charge is -2.15. The van der Waals surface area contributed by atoms with Crippen LogP contribution in [0.1, 0.15) is 59.2 Å². The number of unbranched alkanes of at least 4 members (excludes halogenated alkanes) is 4. The standard InChI is InChI=1S/C34H37NO2/c1-25-13-11-18-28(21-25)31-23-30(24-32(33(31)36)29-19-12-14-26(2)22-29)34(37)35-20-10-5-3-4-7-15-27-16-8-6-9-17-27/h6,8-9,11-14,16-19,21-24,36H,3-5,7,10,15,20H2,1-2H3,(H,35,37). The molecule has 0 unspecified atom stereocenters. The molecule has 0 saturated carbocycles. The van der Waals surface area contributed by atoms with Crippen LogP contribution < -0.4 is 5.32 Å². The molecule has 4 aromatic carbocycles. The predicted octanol–water partition coefficient (Wildman–Crippen LogP) is 8.27. The van der Waals surface area contributed by atoms with Crippen LogP contribution in [0.4, 0.5) is 0 Å². The Morgan fingerprint density at radius 1 is 0.676 bits per heavy atom. The summed E-state index contributed by atoms with van der Waals surface area (Å²) in [5.41, 5.74) is 7.32. The summed E-state index contributed by atoms with van der Waals surface area (Å²) in [7, 11) is 0. The number of phenols is 1. The van der Waals surface area contributed by atoms with E-state index < -0.39 is 0 Å². The van der Waals surface area contributed by atoms with Gasteiger partial charge in [-0.15, -0.1) is 0 Å². The van der Waals surface area contributed by atoms with E-state index in [4.69, 9.17) is 0 Å². The van der Waals surface area contributed by atoms with Gasteiger partial charge in [0.05, 0.1) is 0 Å². The number of phenolic OH excluding ortho intramolecular Hbond substituents is 1. The Morgan fingerprint density at radius 2 is 1.24 bits per heavy atom. The minimum atomic E-state index is -0.105. The molecule has 1 amide bonds. The van der Waals surface area contributed by atoms with Crippen LogP contribution in [-0.4, -0.2) is 17.6 Å². The molecule has 0 radical (unpaired) electrons. The second-order valence-corrected chi connectivity index (χ2v) is 9.92. The van der Waals surface area contributed by atoms with Gasteiger partial charge < -0.3 is 10.4 Å². The number of amides is 1. The van der Waals surface area contributed by atoms with E-state index in [0.29, 0.717) is 23.2 Å². The van der Waals surface area contributed by atoms with Gasteiger partial charge in [-0.05, 0) is 61.9 Å². The minimum Gasteiger partial charge on any atom is -0.507 e. The molecule has 0 spiro atoms. The molecule has 4 aromatic rings. The summed E-state index contributed by atoms with van der Waals surface area (Å²) in [6.07, 6.45) is 6.79. The highest BCUT2D eigenvalue weighted by Crippen LogP contribution is 2.39. The zero-order valence-electron chi connectivity index (χ0n) is 22.0. The summed E-state index contributed by atoms with van der Waals surface area (Å²) < 4.78 is 0. The first-order chi connectivity index (χ1) is 18.0. The Hall–Kier alpha value is -3.85. The quantitative estimate of drug-likeness (QED) is 0.207. The van der Waals surface area contributed by atoms with Gasteiger partial charge in [0.1, 0.15) is 5.75 Å². The van der Waals surface area contributed by atoms with E-state index in [1.165, 1.54) is 24.8 Å². The van der Waals surface area contributed by atoms with Crippen LogP contribution in [0, 0.1) is 13.8 Å². The topological polar surface area (TPSA) is 49.3 Å². The Kier molecular flexibility index (Phi) is 9.15. The fourth-order valence-corrected chi connectivity index (χ4v) is 4.76. The van der Waals surface area contributed by atoms with Crippen molar-refractivity contribution in [1.82, 2.24) is 5.32 Å². The van der Waals surface area contributed by atoms with E-state index in [-0.39, 0.29) is 11.7 Å². The molecule has 37 heavy (non-hydrogen) atoms. The van der Waals surface area contributed by atoms with E-state index in [0.717, 1.165) is 41.5 Å². The molecule has 0 bridgehead atoms. The number of aryl methyl sites for hydroxylation is 3. The first-order valence-electron chi connectivity index (χ1n) is 13.3. The molecular weight excluding hydrogens is 454 g/mol. The lowest BCUT2D eigenvalue weighted by Crippen LogP contribution is -2.24. The SMILES string of the molecule is Cc1cccc(-c2cc(C(=O)NCCCCCCCc3ccccc3)cc(-c3cccc(C)c3)c2O)c1. The van der Waals surface area contributed by atoms with Crippen LogP contribution in [0.15, 0.2) is 91.0 Å². The zero-order valence-corrected chi connectivity index (χ0v) is 22.0. The van der Waals surface area contributed by atoms with Crippen LogP contribution in [0.25, 0.3) is 22.3 Å². The molecular formula is C34H37NO2. The van der Waals surface area contributed by atoms with E-state index >= 15 is 0 Å². The van der Waals surface area contributed by atoms with Crippen molar-refractivity contribution in [3.63, 3.8) is 0 Å². The van der Waals surface area contributed by atoms with Crippen molar-refractivity contribution >= 4 is 5.91 Å². The Balaban J connectivity index is 1.40. The van der Waals surface area contributed by atoms with Gasteiger partial charge in [-0.2, -0.15) is 0 Å². The molecule has 0 aliphatic carbocycles. The highest BCUT2D eigenvalue weighted by atomic mass is 16.3. The number of hydrogen-bond donors (Lipinski definition) is 2. The highest BCUT2D eigenvalue weighted by Gasteiger charge is 2.17. The van der Waals surface area contributed by atoms with Gasteiger partial charge in [-0.3, -0.25) is 4.79 Å². The molecule has 3 nitrogen and oxygen atoms in total. The minimum absolute atomic E-state index is 0.105. The molecule has 2 N–H and O–H groups in total. The van der Waals surface area contributed by atoms with Crippen molar-refractivity contribution in [1.29, 1.82) is 0 Å². The Morgan fingerprint density at radius 3 is 1.84 bits per heavy atom. The molecule has 0 saturated heterocycles. The van der Waals surface area contributed by atoms with Crippen molar-refractivity contribution in [3.05, 3.63) is 113 Å². The molecule has 190 valence electrons. The summed E-state index contributed by atoms with van der Waals surface area (Å²) in [5.74, 6) is 0.0927. The van der Waals surface area contributed by atoms with Crippen molar-refractivity contribution in [2.75, 3.05) is 6.54 Å². The van der Waals surface area contributed by atoms with Gasteiger partial charge in [0.15, 0.2) is 0 Å². The highest BCUT2D eigenvalue weighted by molar-refractivity contribution is 5.99. The summed E-state index contributed by atoms with van der Waals surface area (Å²) >= 11 is 0. The van der Waals surface area contributed by atoms with Crippen molar-refractivity contribution < 1.29 is 9.90 Å². The molecule has 4 rings (SSSR count). The maximum Gasteiger partial charge on any atom is 0.251 e. The van der Waals surface area contributed by atoms with Gasteiger partial charge in [0.25, 0.3) is 5.91 Å². The van der Waals surface area contributed by atoms with Gasteiger partial charge in [-0.1, -0.05) is 109 Å². The lowest BCUT2D eigenvalue weighted by molar-refractivity contribution is 0.0953. The molecule has 0 aliphatic heterocycles. The monoisotopic (exact) mass is 491 g/mol. The Labute approximate surface area is 221 Å². The van der Waals surface area contributed by atoms with Gasteiger partial charge in [0.2, 0.25) is 0 Å². The number of hydrogen-bond acceptors (Lipinski definition) is 2. The first kappa shape index (κ1) is 26.2. The van der Waals surface area contributed by atoms with Crippen LogP contribution in [0.2, 0.25) is 0 Å². The fraction of sp³-hybridized carbons (Fsp3) is 0.265. The number of rotatable bonds is 11. The third kappa shape index (κ3) is 7.33. The van der Waals surface area contributed by atoms with Crippen LogP contribution in [0.3, 0.4) is 0 Å². The summed E-state index contributed by atoms with van der Waals surface area (Å²) in [6, 6.07) is 30.3. The third-order valence-corrected chi connectivity index (χ3v) is 6.80. The normalized spacial score (nSPS) is 10.9. The smallest absolute Gasteiger partial charge is 0.251 e. The maximum atomic E-state index is 13.2. The van der Waals surface area contributed by atoms with Crippen LogP contribution in [0.5, 0.6) is 5.75 Å². The second kappa shape index (κ2) is 12.9. The Bertz CT molecular complexity index is 1260. The van der Waals surface area contributed by atoms with E-state index in [1.54, 1.807) is 0 Å².